The lowest BCUT2D eigenvalue weighted by Crippen LogP contribution is -2.44. The smallest absolute Gasteiger partial charge is 0.258 e. The van der Waals surface area contributed by atoms with E-state index in [4.69, 9.17) is 10.5 Å². The Morgan fingerprint density at radius 2 is 1.94 bits per heavy atom. The molecule has 8 heteroatoms. The molecule has 5 rings (SSSR count). The Morgan fingerprint density at radius 3 is 2.66 bits per heavy atom. The molecular weight excluding hydrogens is 404 g/mol. The molecule has 3 aliphatic rings. The predicted molar refractivity (Wildman–Crippen MR) is 126 cm³/mol. The number of carbonyl (C=O) groups is 1. The average Bonchev–Trinajstić information content (AvgIpc) is 3.52. The fraction of sp³-hybridized carbons (Fsp3) is 0.542. The van der Waals surface area contributed by atoms with Crippen LogP contribution in [0, 0.1) is 12.3 Å². The Labute approximate surface area is 189 Å². The molecule has 3 N–H and O–H groups in total. The molecule has 3 fully saturated rings. The minimum atomic E-state index is -0.175. The minimum Gasteiger partial charge on any atom is -0.399 e. The van der Waals surface area contributed by atoms with Gasteiger partial charge in [0.15, 0.2) is 0 Å². The molecule has 3 heterocycles. The van der Waals surface area contributed by atoms with Crippen molar-refractivity contribution in [1.82, 2.24) is 9.97 Å². The summed E-state index contributed by atoms with van der Waals surface area (Å²) in [7, 11) is 0. The van der Waals surface area contributed by atoms with Crippen molar-refractivity contribution >= 4 is 29.0 Å². The van der Waals surface area contributed by atoms with Crippen molar-refractivity contribution in [3.63, 3.8) is 0 Å². The van der Waals surface area contributed by atoms with E-state index >= 15 is 0 Å². The topological polar surface area (TPSA) is 96.6 Å². The standard InChI is InChI=1S/C24H32N6O2/c1-16-13-21(28-23(26-16)30-11-12-32-15-17(30)2)27-22(31)19-4-3-18(25)14-20(19)29-9-7-24(5-6-24)8-10-29/h3-4,13-14,17H,5-12,15,25H2,1-2H3,(H,26,27,28,31)/t17-/m1/s1. The highest BCUT2D eigenvalue weighted by atomic mass is 16.5. The van der Waals surface area contributed by atoms with Crippen LogP contribution in [-0.2, 0) is 4.74 Å². The van der Waals surface area contributed by atoms with Crippen LogP contribution >= 0.6 is 0 Å². The number of aryl methyl sites for hydroxylation is 1. The maximum atomic E-state index is 13.3. The maximum absolute atomic E-state index is 13.3. The summed E-state index contributed by atoms with van der Waals surface area (Å²) in [6, 6.07) is 7.52. The number of aromatic nitrogens is 2. The summed E-state index contributed by atoms with van der Waals surface area (Å²) in [5.41, 5.74) is 9.69. The molecule has 2 saturated heterocycles. The molecule has 1 atom stereocenters. The van der Waals surface area contributed by atoms with E-state index in [1.165, 1.54) is 25.7 Å². The van der Waals surface area contributed by atoms with E-state index in [-0.39, 0.29) is 11.9 Å². The first kappa shape index (κ1) is 21.0. The third-order valence-electron chi connectivity index (χ3n) is 7.10. The van der Waals surface area contributed by atoms with Gasteiger partial charge in [0.05, 0.1) is 30.5 Å². The highest BCUT2D eigenvalue weighted by Gasteiger charge is 2.44. The van der Waals surface area contributed by atoms with Crippen LogP contribution in [0.25, 0.3) is 0 Å². The fourth-order valence-electron chi connectivity index (χ4n) is 4.85. The first-order chi connectivity index (χ1) is 15.4. The zero-order valence-electron chi connectivity index (χ0n) is 18.9. The van der Waals surface area contributed by atoms with Crippen molar-refractivity contribution in [2.45, 2.75) is 45.6 Å². The van der Waals surface area contributed by atoms with Gasteiger partial charge in [-0.15, -0.1) is 0 Å². The van der Waals surface area contributed by atoms with E-state index in [1.54, 1.807) is 12.1 Å². The lowest BCUT2D eigenvalue weighted by Gasteiger charge is -2.35. The van der Waals surface area contributed by atoms with Crippen molar-refractivity contribution in [3.05, 3.63) is 35.5 Å². The molecule has 170 valence electrons. The summed E-state index contributed by atoms with van der Waals surface area (Å²) in [4.78, 5) is 27.0. The summed E-state index contributed by atoms with van der Waals surface area (Å²) in [5.74, 6) is 0.958. The molecule has 1 aromatic carbocycles. The highest BCUT2D eigenvalue weighted by molar-refractivity contribution is 6.08. The zero-order chi connectivity index (χ0) is 22.3. The number of carbonyl (C=O) groups excluding carboxylic acids is 1. The van der Waals surface area contributed by atoms with Gasteiger partial charge in [-0.25, -0.2) is 4.98 Å². The normalized spacial score (nSPS) is 22.1. The van der Waals surface area contributed by atoms with E-state index in [9.17, 15) is 4.79 Å². The van der Waals surface area contributed by atoms with Gasteiger partial charge < -0.3 is 25.6 Å². The van der Waals surface area contributed by atoms with Gasteiger partial charge >= 0.3 is 0 Å². The summed E-state index contributed by atoms with van der Waals surface area (Å²) in [6.45, 7) is 7.97. The Bertz CT molecular complexity index is 1010. The van der Waals surface area contributed by atoms with Crippen molar-refractivity contribution in [3.8, 4) is 0 Å². The molecule has 2 aliphatic heterocycles. The van der Waals surface area contributed by atoms with E-state index in [1.807, 2.05) is 19.1 Å². The Morgan fingerprint density at radius 1 is 1.16 bits per heavy atom. The van der Waals surface area contributed by atoms with E-state index in [0.29, 0.717) is 41.6 Å². The van der Waals surface area contributed by atoms with Gasteiger partial charge in [-0.3, -0.25) is 4.79 Å². The highest BCUT2D eigenvalue weighted by Crippen LogP contribution is 2.54. The minimum absolute atomic E-state index is 0.175. The van der Waals surface area contributed by atoms with Crippen LogP contribution in [0.1, 0.15) is 48.7 Å². The lowest BCUT2D eigenvalue weighted by molar-refractivity contribution is 0.0980. The van der Waals surface area contributed by atoms with Crippen LogP contribution in [0.3, 0.4) is 0 Å². The van der Waals surface area contributed by atoms with Crippen molar-refractivity contribution < 1.29 is 9.53 Å². The first-order valence-corrected chi connectivity index (χ1v) is 11.6. The first-order valence-electron chi connectivity index (χ1n) is 11.6. The molecule has 32 heavy (non-hydrogen) atoms. The number of benzene rings is 1. The Balaban J connectivity index is 1.37. The fourth-order valence-corrected chi connectivity index (χ4v) is 4.85. The quantitative estimate of drug-likeness (QED) is 0.710. The number of nitrogen functional groups attached to an aromatic ring is 1. The van der Waals surface area contributed by atoms with Gasteiger partial charge in [-0.05, 0) is 63.1 Å². The number of rotatable bonds is 4. The predicted octanol–water partition coefficient (Wildman–Crippen LogP) is 3.23. The number of nitrogens with one attached hydrogen (secondary N) is 1. The van der Waals surface area contributed by atoms with Crippen LogP contribution < -0.4 is 20.9 Å². The van der Waals surface area contributed by atoms with Gasteiger partial charge in [-0.2, -0.15) is 4.98 Å². The van der Waals surface area contributed by atoms with Gasteiger partial charge in [0.1, 0.15) is 5.82 Å². The van der Waals surface area contributed by atoms with Crippen molar-refractivity contribution in [1.29, 1.82) is 0 Å². The molecule has 0 radical (unpaired) electrons. The summed E-state index contributed by atoms with van der Waals surface area (Å²) in [5, 5.41) is 3.01. The SMILES string of the molecule is Cc1cc(NC(=O)c2ccc(N)cc2N2CCC3(CC2)CC3)nc(N2CCOC[C@H]2C)n1. The van der Waals surface area contributed by atoms with E-state index < -0.39 is 0 Å². The Hall–Kier alpha value is -2.87. The average molecular weight is 437 g/mol. The number of nitrogens with zero attached hydrogens (tertiary/aromatic N) is 4. The molecular formula is C24H32N6O2. The number of hydrogen-bond donors (Lipinski definition) is 2. The van der Waals surface area contributed by atoms with Gasteiger partial charge in [0.2, 0.25) is 5.95 Å². The van der Waals surface area contributed by atoms with Crippen LogP contribution in [-0.4, -0.2) is 54.8 Å². The van der Waals surface area contributed by atoms with Crippen LogP contribution in [0.5, 0.6) is 0 Å². The number of amides is 1. The van der Waals surface area contributed by atoms with E-state index in [2.05, 4.69) is 32.0 Å². The zero-order valence-corrected chi connectivity index (χ0v) is 18.9. The van der Waals surface area contributed by atoms with E-state index in [0.717, 1.165) is 31.0 Å². The molecule has 1 spiro atoms. The van der Waals surface area contributed by atoms with Gasteiger partial charge in [0, 0.05) is 37.1 Å². The third-order valence-corrected chi connectivity index (χ3v) is 7.10. The molecule has 1 amide bonds. The number of ether oxygens (including phenoxy) is 1. The molecule has 1 aromatic heterocycles. The number of nitrogens with two attached hydrogens (primary N) is 1. The van der Waals surface area contributed by atoms with Crippen molar-refractivity contribution in [2.24, 2.45) is 5.41 Å². The lowest BCUT2D eigenvalue weighted by atomic mass is 9.93. The second kappa shape index (κ2) is 8.24. The molecule has 0 bridgehead atoms. The monoisotopic (exact) mass is 436 g/mol. The maximum Gasteiger partial charge on any atom is 0.258 e. The van der Waals surface area contributed by atoms with Gasteiger partial charge in [-0.1, -0.05) is 0 Å². The summed E-state index contributed by atoms with van der Waals surface area (Å²) >= 11 is 0. The molecule has 1 aliphatic carbocycles. The Kier molecular flexibility index (Phi) is 5.41. The third kappa shape index (κ3) is 4.24. The number of hydrogen-bond acceptors (Lipinski definition) is 7. The largest absolute Gasteiger partial charge is 0.399 e. The van der Waals surface area contributed by atoms with Crippen LogP contribution in [0.15, 0.2) is 24.3 Å². The second-order valence-corrected chi connectivity index (χ2v) is 9.53. The summed E-state index contributed by atoms with van der Waals surface area (Å²) in [6.07, 6.45) is 5.08. The second-order valence-electron chi connectivity index (χ2n) is 9.53. The molecule has 8 nitrogen and oxygen atoms in total. The van der Waals surface area contributed by atoms with Crippen LogP contribution in [0.2, 0.25) is 0 Å². The number of morpholine rings is 1. The molecule has 0 unspecified atom stereocenters. The number of piperidine rings is 1. The van der Waals surface area contributed by atoms with Gasteiger partial charge in [0.25, 0.3) is 5.91 Å². The summed E-state index contributed by atoms with van der Waals surface area (Å²) < 4.78 is 5.53. The molecule has 1 saturated carbocycles. The number of anilines is 4. The van der Waals surface area contributed by atoms with Crippen LogP contribution in [0.4, 0.5) is 23.1 Å². The molecule has 2 aromatic rings. The van der Waals surface area contributed by atoms with Crippen molar-refractivity contribution in [2.75, 3.05) is 53.7 Å².